The molecular weight excluding hydrogens is 138 g/mol. The number of likely N-dealkylation sites (tertiary alicyclic amines) is 1. The molecule has 0 unspecified atom stereocenters. The Kier molecular flexibility index (Phi) is 6.13. The third-order valence-corrected chi connectivity index (χ3v) is 2.14. The highest BCUT2D eigenvalue weighted by Crippen LogP contribution is 2.13. The lowest BCUT2D eigenvalue weighted by Crippen LogP contribution is -2.33. The number of piperidine rings is 1. The zero-order valence-corrected chi connectivity index (χ0v) is 7.84. The topological polar surface area (TPSA) is 20.3 Å². The third kappa shape index (κ3) is 4.96. The second-order valence-electron chi connectivity index (χ2n) is 3.06. The van der Waals surface area contributed by atoms with E-state index in [0.717, 1.165) is 12.3 Å². The van der Waals surface area contributed by atoms with Crippen molar-refractivity contribution in [2.45, 2.75) is 39.2 Å². The quantitative estimate of drug-likeness (QED) is 0.499. The van der Waals surface area contributed by atoms with Gasteiger partial charge in [-0.25, -0.2) is 0 Å². The maximum Gasteiger partial charge on any atom is 0.116 e. The van der Waals surface area contributed by atoms with Gasteiger partial charge in [-0.2, -0.15) is 0 Å². The van der Waals surface area contributed by atoms with E-state index in [9.17, 15) is 0 Å². The fraction of sp³-hybridized carbons (Fsp3) is 0.889. The van der Waals surface area contributed by atoms with E-state index in [2.05, 4.69) is 18.9 Å². The zero-order valence-electron chi connectivity index (χ0n) is 7.84. The average molecular weight is 157 g/mol. The van der Waals surface area contributed by atoms with Crippen LogP contribution < -0.4 is 0 Å². The van der Waals surface area contributed by atoms with Crippen LogP contribution in [0.5, 0.6) is 0 Å². The molecule has 11 heavy (non-hydrogen) atoms. The Balaban J connectivity index is 0.000000292. The van der Waals surface area contributed by atoms with E-state index in [1.165, 1.54) is 32.7 Å². The molecule has 1 aliphatic heterocycles. The first-order valence-electron chi connectivity index (χ1n) is 4.32. The number of hydrogen-bond donors (Lipinski definition) is 0. The highest BCUT2D eigenvalue weighted by atomic mass is 16.1. The van der Waals surface area contributed by atoms with Crippen LogP contribution in [0.1, 0.15) is 33.1 Å². The van der Waals surface area contributed by atoms with Crippen LogP contribution in [0, 0.1) is 0 Å². The lowest BCUT2D eigenvalue weighted by molar-refractivity contribution is -0.106. The molecule has 0 bridgehead atoms. The standard InChI is InChI=1S/C7H15N.C2H4O/c1-7-5-3-4-6-8(7)2;1-2-3/h7H,3-6H2,1-2H3;2H,1H3/t7-;/m0./s1. The number of hydrogen-bond acceptors (Lipinski definition) is 2. The summed E-state index contributed by atoms with van der Waals surface area (Å²) >= 11 is 0. The Morgan fingerprint density at radius 3 is 2.27 bits per heavy atom. The molecule has 1 atom stereocenters. The van der Waals surface area contributed by atoms with Gasteiger partial charge >= 0.3 is 0 Å². The molecule has 0 aliphatic carbocycles. The van der Waals surface area contributed by atoms with Crippen molar-refractivity contribution in [3.63, 3.8) is 0 Å². The summed E-state index contributed by atoms with van der Waals surface area (Å²) in [6.45, 7) is 5.06. The van der Waals surface area contributed by atoms with Crippen molar-refractivity contribution in [2.24, 2.45) is 0 Å². The van der Waals surface area contributed by atoms with Crippen molar-refractivity contribution >= 4 is 6.29 Å². The molecule has 0 radical (unpaired) electrons. The minimum absolute atomic E-state index is 0.750. The highest BCUT2D eigenvalue weighted by molar-refractivity contribution is 5.44. The van der Waals surface area contributed by atoms with Crippen molar-refractivity contribution in [3.8, 4) is 0 Å². The largest absolute Gasteiger partial charge is 0.304 e. The SMILES string of the molecule is CC=O.C[C@H]1CCCCN1C. The molecule has 2 nitrogen and oxygen atoms in total. The molecule has 1 rings (SSSR count). The summed E-state index contributed by atoms with van der Waals surface area (Å²) in [5.41, 5.74) is 0. The molecule has 1 aliphatic rings. The summed E-state index contributed by atoms with van der Waals surface area (Å²) in [6.07, 6.45) is 4.99. The first kappa shape index (κ1) is 10.6. The monoisotopic (exact) mass is 157 g/mol. The fourth-order valence-electron chi connectivity index (χ4n) is 1.24. The highest BCUT2D eigenvalue weighted by Gasteiger charge is 2.12. The molecule has 0 aromatic rings. The number of carbonyl (C=O) groups is 1. The van der Waals surface area contributed by atoms with E-state index in [0.29, 0.717) is 0 Å². The molecule has 1 heterocycles. The van der Waals surface area contributed by atoms with Crippen LogP contribution in [0.25, 0.3) is 0 Å². The predicted octanol–water partition coefficient (Wildman–Crippen LogP) is 1.70. The fourth-order valence-corrected chi connectivity index (χ4v) is 1.24. The second kappa shape index (κ2) is 6.35. The van der Waals surface area contributed by atoms with E-state index >= 15 is 0 Å². The van der Waals surface area contributed by atoms with Gasteiger partial charge < -0.3 is 9.69 Å². The van der Waals surface area contributed by atoms with Crippen molar-refractivity contribution in [3.05, 3.63) is 0 Å². The average Bonchev–Trinajstić information content (AvgIpc) is 1.97. The first-order valence-corrected chi connectivity index (χ1v) is 4.32. The Morgan fingerprint density at radius 2 is 2.00 bits per heavy atom. The van der Waals surface area contributed by atoms with Crippen molar-refractivity contribution in [2.75, 3.05) is 13.6 Å². The number of rotatable bonds is 0. The van der Waals surface area contributed by atoms with Gasteiger partial charge in [0.25, 0.3) is 0 Å². The maximum absolute atomic E-state index is 8.81. The van der Waals surface area contributed by atoms with Crippen LogP contribution in [0.2, 0.25) is 0 Å². The molecule has 0 N–H and O–H groups in total. The summed E-state index contributed by atoms with van der Waals surface area (Å²) in [7, 11) is 2.21. The lowest BCUT2D eigenvalue weighted by atomic mass is 10.1. The van der Waals surface area contributed by atoms with Gasteiger partial charge in [-0.1, -0.05) is 6.42 Å². The van der Waals surface area contributed by atoms with Crippen molar-refractivity contribution < 1.29 is 4.79 Å². The minimum atomic E-state index is 0.750. The van der Waals surface area contributed by atoms with Crippen LogP contribution in [-0.4, -0.2) is 30.8 Å². The molecule has 0 aromatic heterocycles. The van der Waals surface area contributed by atoms with Gasteiger partial charge in [0, 0.05) is 6.04 Å². The van der Waals surface area contributed by atoms with Gasteiger partial charge in [-0.3, -0.25) is 0 Å². The van der Waals surface area contributed by atoms with Gasteiger partial charge in [0.1, 0.15) is 6.29 Å². The normalized spacial score (nSPS) is 25.2. The number of carbonyl (C=O) groups excluding carboxylic acids is 1. The Labute approximate surface area is 69.6 Å². The zero-order chi connectivity index (χ0) is 8.69. The Bertz CT molecular complexity index is 93.7. The van der Waals surface area contributed by atoms with Crippen molar-refractivity contribution in [1.82, 2.24) is 4.90 Å². The van der Waals surface area contributed by atoms with E-state index in [4.69, 9.17) is 4.79 Å². The van der Waals surface area contributed by atoms with E-state index in [1.54, 1.807) is 0 Å². The summed E-state index contributed by atoms with van der Waals surface area (Å²) in [5.74, 6) is 0. The second-order valence-corrected chi connectivity index (χ2v) is 3.06. The molecule has 0 amide bonds. The Hall–Kier alpha value is -0.370. The summed E-state index contributed by atoms with van der Waals surface area (Å²) < 4.78 is 0. The van der Waals surface area contributed by atoms with Gasteiger partial charge in [0.15, 0.2) is 0 Å². The van der Waals surface area contributed by atoms with Crippen LogP contribution in [0.3, 0.4) is 0 Å². The molecule has 0 spiro atoms. The van der Waals surface area contributed by atoms with Crippen LogP contribution >= 0.6 is 0 Å². The summed E-state index contributed by atoms with van der Waals surface area (Å²) in [5, 5.41) is 0. The van der Waals surface area contributed by atoms with Crippen LogP contribution in [0.15, 0.2) is 0 Å². The molecule has 66 valence electrons. The van der Waals surface area contributed by atoms with Gasteiger partial charge in [-0.15, -0.1) is 0 Å². The van der Waals surface area contributed by atoms with Gasteiger partial charge in [-0.05, 0) is 40.3 Å². The van der Waals surface area contributed by atoms with Gasteiger partial charge in [0.2, 0.25) is 0 Å². The Morgan fingerprint density at radius 1 is 1.45 bits per heavy atom. The predicted molar refractivity (Wildman–Crippen MR) is 47.7 cm³/mol. The van der Waals surface area contributed by atoms with E-state index in [-0.39, 0.29) is 0 Å². The first-order chi connectivity index (χ1) is 5.22. The third-order valence-electron chi connectivity index (χ3n) is 2.14. The molecule has 0 aromatic carbocycles. The number of nitrogens with zero attached hydrogens (tertiary/aromatic N) is 1. The van der Waals surface area contributed by atoms with Crippen LogP contribution in [-0.2, 0) is 4.79 Å². The summed E-state index contributed by atoms with van der Waals surface area (Å²) in [6, 6.07) is 0.837. The lowest BCUT2D eigenvalue weighted by Gasteiger charge is -2.29. The smallest absolute Gasteiger partial charge is 0.116 e. The van der Waals surface area contributed by atoms with Crippen LogP contribution in [0.4, 0.5) is 0 Å². The minimum Gasteiger partial charge on any atom is -0.304 e. The maximum atomic E-state index is 8.81. The summed E-state index contributed by atoms with van der Waals surface area (Å²) in [4.78, 5) is 11.2. The molecule has 1 fully saturated rings. The molecule has 0 saturated carbocycles. The molecule has 2 heteroatoms. The van der Waals surface area contributed by atoms with Crippen molar-refractivity contribution in [1.29, 1.82) is 0 Å². The number of aldehydes is 1. The van der Waals surface area contributed by atoms with Gasteiger partial charge in [0.05, 0.1) is 0 Å². The van der Waals surface area contributed by atoms with E-state index in [1.807, 2.05) is 0 Å². The van der Waals surface area contributed by atoms with E-state index < -0.39 is 0 Å². The molecular formula is C9H19NO. The molecule has 1 saturated heterocycles.